The van der Waals surface area contributed by atoms with Crippen LogP contribution in [0.2, 0.25) is 10.0 Å². The van der Waals surface area contributed by atoms with Crippen molar-refractivity contribution in [3.05, 3.63) is 142 Å². The summed E-state index contributed by atoms with van der Waals surface area (Å²) in [4.78, 5) is 84.1. The van der Waals surface area contributed by atoms with Crippen LogP contribution in [-0.2, 0) is 59.4 Å². The number of methoxy groups -OCH3 is 1. The van der Waals surface area contributed by atoms with Crippen LogP contribution in [-0.4, -0.2) is 144 Å². The minimum Gasteiger partial charge on any atom is -0.457 e. The molecule has 5 aromatic rings. The van der Waals surface area contributed by atoms with Gasteiger partial charge in [0, 0.05) is 105 Å². The molecule has 3 fully saturated rings. The minimum absolute atomic E-state index is 0.0740. The maximum absolute atomic E-state index is 15.1. The van der Waals surface area contributed by atoms with E-state index in [0.29, 0.717) is 38.9 Å². The molecule has 3 aliphatic rings. The second-order valence-electron chi connectivity index (χ2n) is 20.2. The molecule has 5 atom stereocenters. The van der Waals surface area contributed by atoms with Gasteiger partial charge in [-0.15, -0.1) is 0 Å². The number of carbonyl (C=O) groups excluding carboxylic acids is 5. The van der Waals surface area contributed by atoms with Crippen LogP contribution in [0.3, 0.4) is 0 Å². The third-order valence-corrected chi connectivity index (χ3v) is 15.1. The van der Waals surface area contributed by atoms with Crippen molar-refractivity contribution in [3.63, 3.8) is 0 Å². The second kappa shape index (κ2) is 23.9. The van der Waals surface area contributed by atoms with Gasteiger partial charge in [-0.05, 0) is 93.3 Å². The molecule has 3 aliphatic heterocycles. The highest BCUT2D eigenvalue weighted by Crippen LogP contribution is 2.38. The molecule has 0 saturated carbocycles. The molecule has 8 rings (SSSR count). The fourth-order valence-corrected chi connectivity index (χ4v) is 10.2. The SMILES string of the molecule is COC[C@@H]1NC(=O)[C@H](C)N(Cc2ccc(Cl)cc2Oc2ccc(-n3cnc(CN4CC5(COC5)C4)c3C)cc2)C(=O)C[C@@H](Cc2ccccc2)C(=O)N(C)[C@@H](C)CNC(=O)C[C@H](Cc2ccc(Cl)cc2)N(C)C1=O. The van der Waals surface area contributed by atoms with Gasteiger partial charge in [0.2, 0.25) is 29.5 Å². The number of aromatic nitrogens is 2. The molecule has 4 aromatic carbocycles. The highest BCUT2D eigenvalue weighted by Gasteiger charge is 2.49. The van der Waals surface area contributed by atoms with E-state index in [1.165, 1.54) is 16.9 Å². The van der Waals surface area contributed by atoms with Gasteiger partial charge in [-0.3, -0.25) is 28.9 Å². The Balaban J connectivity index is 1.08. The number of imidazole rings is 1. The van der Waals surface area contributed by atoms with Crippen LogP contribution in [0.1, 0.15) is 54.8 Å². The van der Waals surface area contributed by atoms with Crippen molar-refractivity contribution in [2.75, 3.05) is 60.7 Å². The normalized spacial score (nSPS) is 22.4. The van der Waals surface area contributed by atoms with Crippen molar-refractivity contribution >= 4 is 52.7 Å². The molecule has 5 amide bonds. The van der Waals surface area contributed by atoms with Crippen LogP contribution in [0.15, 0.2) is 103 Å². The van der Waals surface area contributed by atoms with E-state index >= 15 is 4.79 Å². The van der Waals surface area contributed by atoms with Gasteiger partial charge in [0.1, 0.15) is 23.6 Å². The molecule has 0 unspecified atom stereocenters. The molecule has 3 saturated heterocycles. The van der Waals surface area contributed by atoms with Crippen LogP contribution >= 0.6 is 23.2 Å². The molecule has 16 nitrogen and oxygen atoms in total. The van der Waals surface area contributed by atoms with Crippen molar-refractivity contribution in [2.45, 2.75) is 83.7 Å². The Labute approximate surface area is 443 Å². The Hall–Kier alpha value is -6.30. The summed E-state index contributed by atoms with van der Waals surface area (Å²) >= 11 is 12.8. The zero-order valence-corrected chi connectivity index (χ0v) is 44.4. The van der Waals surface area contributed by atoms with E-state index in [9.17, 15) is 19.2 Å². The van der Waals surface area contributed by atoms with Gasteiger partial charge < -0.3 is 44.1 Å². The molecular formula is C56H66Cl2N8O8. The fourth-order valence-electron chi connectivity index (χ4n) is 9.94. The first-order valence-corrected chi connectivity index (χ1v) is 25.8. The van der Waals surface area contributed by atoms with E-state index in [1.54, 1.807) is 56.3 Å². The van der Waals surface area contributed by atoms with E-state index in [2.05, 4.69) is 22.5 Å². The summed E-state index contributed by atoms with van der Waals surface area (Å²) < 4.78 is 19.5. The summed E-state index contributed by atoms with van der Waals surface area (Å²) in [7, 11) is 4.67. The highest BCUT2D eigenvalue weighted by atomic mass is 35.5. The number of ether oxygens (including phenoxy) is 3. The summed E-state index contributed by atoms with van der Waals surface area (Å²) in [5, 5.41) is 6.76. The summed E-state index contributed by atoms with van der Waals surface area (Å²) in [5.41, 5.74) is 5.50. The lowest BCUT2D eigenvalue weighted by atomic mass is 9.78. The Morgan fingerprint density at radius 2 is 1.49 bits per heavy atom. The average Bonchev–Trinajstić information content (AvgIpc) is 3.73. The predicted molar refractivity (Wildman–Crippen MR) is 282 cm³/mol. The number of nitrogens with zero attached hydrogens (tertiary/aromatic N) is 6. The van der Waals surface area contributed by atoms with Gasteiger partial charge in [-0.25, -0.2) is 4.98 Å². The molecule has 1 spiro atoms. The highest BCUT2D eigenvalue weighted by molar-refractivity contribution is 6.31. The van der Waals surface area contributed by atoms with E-state index < -0.39 is 47.8 Å². The van der Waals surface area contributed by atoms with E-state index in [1.807, 2.05) is 84.5 Å². The van der Waals surface area contributed by atoms with Crippen molar-refractivity contribution in [3.8, 4) is 17.2 Å². The standard InChI is InChI=1S/C56H66Cl2N8O8/c1-36-27-59-51(67)26-46(23-40-12-15-43(57)16-13-40)63(5)55(71)49(30-72-6)61-53(69)38(3)65(52(68)24-42(54(70)62(36)4)22-39-10-8-7-9-11-39)28-41-14-17-44(58)25-50(41)74-47-20-18-45(19-21-47)66-35-60-48(37(66)2)29-64-31-56(32-64)33-73-34-56/h7-21,25,35-36,38,42,46,49H,22-24,26-34H2,1-6H3,(H,59,67)(H,61,69)/t36-,38-,42+,46-,49-/m0/s1. The van der Waals surface area contributed by atoms with E-state index in [0.717, 1.165) is 61.1 Å². The number of rotatable bonds is 13. The second-order valence-corrected chi connectivity index (χ2v) is 21.1. The van der Waals surface area contributed by atoms with Crippen LogP contribution in [0.25, 0.3) is 5.69 Å². The summed E-state index contributed by atoms with van der Waals surface area (Å²) in [6.07, 6.45) is 2.02. The zero-order valence-electron chi connectivity index (χ0n) is 42.9. The summed E-state index contributed by atoms with van der Waals surface area (Å²) in [5.74, 6) is -2.26. The van der Waals surface area contributed by atoms with Crippen molar-refractivity contribution < 1.29 is 38.2 Å². The first-order valence-electron chi connectivity index (χ1n) is 25.1. The van der Waals surface area contributed by atoms with Crippen molar-refractivity contribution in [1.82, 2.24) is 39.8 Å². The fraction of sp³-hybridized carbons (Fsp3) is 0.429. The zero-order chi connectivity index (χ0) is 52.7. The molecule has 18 heteroatoms. The monoisotopic (exact) mass is 1050 g/mol. The molecule has 2 N–H and O–H groups in total. The molecular weight excluding hydrogens is 984 g/mol. The van der Waals surface area contributed by atoms with Crippen LogP contribution in [0.4, 0.5) is 0 Å². The van der Waals surface area contributed by atoms with Crippen molar-refractivity contribution in [1.29, 1.82) is 0 Å². The van der Waals surface area contributed by atoms with Crippen LogP contribution in [0, 0.1) is 18.3 Å². The number of carbonyl (C=O) groups is 5. The van der Waals surface area contributed by atoms with E-state index in [4.69, 9.17) is 42.4 Å². The Morgan fingerprint density at radius 3 is 2.16 bits per heavy atom. The quantitative estimate of drug-likeness (QED) is 0.130. The van der Waals surface area contributed by atoms with Crippen LogP contribution in [0.5, 0.6) is 11.5 Å². The molecule has 392 valence electrons. The molecule has 0 bridgehead atoms. The number of likely N-dealkylation sites (tertiary alicyclic amines) is 1. The molecule has 74 heavy (non-hydrogen) atoms. The average molecular weight is 1050 g/mol. The molecule has 1 aromatic heterocycles. The third-order valence-electron chi connectivity index (χ3n) is 14.6. The predicted octanol–water partition coefficient (Wildman–Crippen LogP) is 6.65. The number of amides is 5. The lowest BCUT2D eigenvalue weighted by Gasteiger charge is -2.55. The smallest absolute Gasteiger partial charge is 0.247 e. The molecule has 0 aliphatic carbocycles. The van der Waals surface area contributed by atoms with Gasteiger partial charge >= 0.3 is 0 Å². The maximum atomic E-state index is 15.1. The first kappa shape index (κ1) is 54.0. The summed E-state index contributed by atoms with van der Waals surface area (Å²) in [6, 6.07) is 25.7. The largest absolute Gasteiger partial charge is 0.457 e. The lowest BCUT2D eigenvalue weighted by molar-refractivity contribution is -0.191. The van der Waals surface area contributed by atoms with Gasteiger partial charge in [0.05, 0.1) is 44.3 Å². The number of hydrogen-bond donors (Lipinski definition) is 2. The molecule has 0 radical (unpaired) electrons. The topological polar surface area (TPSA) is 168 Å². The third kappa shape index (κ3) is 13.0. The van der Waals surface area contributed by atoms with Gasteiger partial charge in [-0.1, -0.05) is 71.7 Å². The molecule has 4 heterocycles. The Bertz CT molecular complexity index is 2780. The Kier molecular flexibility index (Phi) is 17.5. The van der Waals surface area contributed by atoms with Gasteiger partial charge in [0.15, 0.2) is 0 Å². The van der Waals surface area contributed by atoms with E-state index in [-0.39, 0.29) is 50.8 Å². The number of hydrogen-bond acceptors (Lipinski definition) is 10. The first-order chi connectivity index (χ1) is 35.5. The lowest BCUT2D eigenvalue weighted by Crippen LogP contribution is -2.65. The number of likely N-dealkylation sites (N-methyl/N-ethyl adjacent to an activating group) is 2. The number of nitrogens with one attached hydrogen (secondary N) is 2. The van der Waals surface area contributed by atoms with Gasteiger partial charge in [0.25, 0.3) is 0 Å². The maximum Gasteiger partial charge on any atom is 0.247 e. The summed E-state index contributed by atoms with van der Waals surface area (Å²) in [6.45, 7) is 9.74. The van der Waals surface area contributed by atoms with Crippen molar-refractivity contribution in [2.24, 2.45) is 11.3 Å². The number of benzene rings is 4. The van der Waals surface area contributed by atoms with Crippen LogP contribution < -0.4 is 15.4 Å². The minimum atomic E-state index is -1.20. The Morgan fingerprint density at radius 1 is 0.797 bits per heavy atom. The van der Waals surface area contributed by atoms with Gasteiger partial charge in [-0.2, -0.15) is 0 Å². The number of halogens is 2.